The molecule has 2 fully saturated rings. The highest BCUT2D eigenvalue weighted by atomic mass is 16.5. The Kier molecular flexibility index (Phi) is 2.74. The molecule has 21 heavy (non-hydrogen) atoms. The smallest absolute Gasteiger partial charge is 0.168 e. The number of hydrogen-bond donors (Lipinski definition) is 3. The van der Waals surface area contributed by atoms with Crippen LogP contribution in [0.3, 0.4) is 0 Å². The van der Waals surface area contributed by atoms with Crippen molar-refractivity contribution >= 4 is 0 Å². The topological polar surface area (TPSA) is 60.7 Å². The highest BCUT2D eigenvalue weighted by Gasteiger charge is 2.61. The third-order valence-electron chi connectivity index (χ3n) is 6.82. The number of aryl methyl sites for hydroxylation is 1. The van der Waals surface area contributed by atoms with Crippen LogP contribution in [0.25, 0.3) is 0 Å². The first-order valence-electron chi connectivity index (χ1n) is 8.19. The fourth-order valence-corrected chi connectivity index (χ4v) is 5.56. The van der Waals surface area contributed by atoms with Gasteiger partial charge >= 0.3 is 0 Å². The zero-order chi connectivity index (χ0) is 14.8. The lowest BCUT2D eigenvalue weighted by Crippen LogP contribution is -2.50. The maximum Gasteiger partial charge on any atom is 0.168 e. The standard InChI is InChI=1S/C18H24O3/c1-17-8-6-14-13-5-3-12(19)10-11(13)2-4-15(14)16(17)7-9-18(17,20)21/h3,5,10,14-16,19-21H,2,4,6-9H2,1H3/t14-,15-,16+,17+/m1/s1. The highest BCUT2D eigenvalue weighted by molar-refractivity contribution is 5.40. The van der Waals surface area contributed by atoms with Crippen molar-refractivity contribution in [2.45, 2.75) is 57.2 Å². The number of aliphatic hydroxyl groups is 2. The van der Waals surface area contributed by atoms with E-state index in [1.165, 1.54) is 11.1 Å². The Bertz CT molecular complexity index is 580. The molecule has 3 N–H and O–H groups in total. The van der Waals surface area contributed by atoms with Gasteiger partial charge in [-0.3, -0.25) is 0 Å². The molecule has 1 aromatic carbocycles. The van der Waals surface area contributed by atoms with Crippen molar-refractivity contribution in [3.63, 3.8) is 0 Å². The molecular formula is C18H24O3. The second kappa shape index (κ2) is 4.23. The van der Waals surface area contributed by atoms with Crippen molar-refractivity contribution < 1.29 is 15.3 Å². The molecule has 0 unspecified atom stereocenters. The molecule has 114 valence electrons. The first-order valence-corrected chi connectivity index (χ1v) is 8.19. The van der Waals surface area contributed by atoms with E-state index in [1.54, 1.807) is 6.07 Å². The van der Waals surface area contributed by atoms with E-state index in [2.05, 4.69) is 13.0 Å². The Morgan fingerprint density at radius 2 is 1.90 bits per heavy atom. The molecule has 2 saturated carbocycles. The van der Waals surface area contributed by atoms with E-state index in [4.69, 9.17) is 0 Å². The van der Waals surface area contributed by atoms with Gasteiger partial charge in [-0.25, -0.2) is 0 Å². The number of aromatic hydroxyl groups is 1. The van der Waals surface area contributed by atoms with Crippen LogP contribution in [0.1, 0.15) is 56.1 Å². The van der Waals surface area contributed by atoms with Gasteiger partial charge in [-0.05, 0) is 73.1 Å². The second-order valence-corrected chi connectivity index (χ2v) is 7.61. The molecule has 0 aliphatic heterocycles. The van der Waals surface area contributed by atoms with Crippen LogP contribution in [0.4, 0.5) is 0 Å². The number of benzene rings is 1. The average Bonchev–Trinajstić information content (AvgIpc) is 2.69. The maximum absolute atomic E-state index is 10.4. The summed E-state index contributed by atoms with van der Waals surface area (Å²) in [5, 5.41) is 30.5. The average molecular weight is 288 g/mol. The predicted molar refractivity (Wildman–Crippen MR) is 79.9 cm³/mol. The third kappa shape index (κ3) is 1.74. The Morgan fingerprint density at radius 1 is 1.10 bits per heavy atom. The van der Waals surface area contributed by atoms with E-state index in [-0.39, 0.29) is 5.41 Å². The van der Waals surface area contributed by atoms with Crippen LogP contribution in [0.2, 0.25) is 0 Å². The minimum absolute atomic E-state index is 0.345. The summed E-state index contributed by atoms with van der Waals surface area (Å²) in [6.45, 7) is 2.08. The van der Waals surface area contributed by atoms with Gasteiger partial charge in [0.15, 0.2) is 5.79 Å². The third-order valence-corrected chi connectivity index (χ3v) is 6.82. The van der Waals surface area contributed by atoms with Crippen LogP contribution in [0, 0.1) is 17.3 Å². The summed E-state index contributed by atoms with van der Waals surface area (Å²) in [5.74, 6) is 0.368. The molecule has 4 rings (SSSR count). The second-order valence-electron chi connectivity index (χ2n) is 7.61. The molecule has 3 nitrogen and oxygen atoms in total. The van der Waals surface area contributed by atoms with Gasteiger partial charge in [0.1, 0.15) is 5.75 Å². The zero-order valence-electron chi connectivity index (χ0n) is 12.5. The maximum atomic E-state index is 10.4. The van der Waals surface area contributed by atoms with Crippen LogP contribution < -0.4 is 0 Å². The Morgan fingerprint density at radius 3 is 2.71 bits per heavy atom. The quantitative estimate of drug-likeness (QED) is 0.643. The molecule has 0 aromatic heterocycles. The van der Waals surface area contributed by atoms with Crippen LogP contribution in [0.5, 0.6) is 5.75 Å². The van der Waals surface area contributed by atoms with Crippen molar-refractivity contribution in [2.75, 3.05) is 0 Å². The van der Waals surface area contributed by atoms with E-state index in [1.807, 2.05) is 6.07 Å². The summed E-state index contributed by atoms with van der Waals surface area (Å²) in [4.78, 5) is 0. The zero-order valence-corrected chi connectivity index (χ0v) is 12.5. The summed E-state index contributed by atoms with van der Waals surface area (Å²) >= 11 is 0. The van der Waals surface area contributed by atoms with Gasteiger partial charge in [0.05, 0.1) is 0 Å². The minimum atomic E-state index is -1.49. The molecule has 1 aromatic rings. The molecule has 4 atom stereocenters. The van der Waals surface area contributed by atoms with Crippen LogP contribution in [-0.4, -0.2) is 21.1 Å². The van der Waals surface area contributed by atoms with Gasteiger partial charge < -0.3 is 15.3 Å². The van der Waals surface area contributed by atoms with E-state index in [0.717, 1.165) is 32.1 Å². The van der Waals surface area contributed by atoms with Crippen LogP contribution in [0.15, 0.2) is 18.2 Å². The molecule has 0 bridgehead atoms. The van der Waals surface area contributed by atoms with E-state index < -0.39 is 5.79 Å². The van der Waals surface area contributed by atoms with Crippen molar-refractivity contribution in [1.29, 1.82) is 0 Å². The normalized spacial score (nSPS) is 40.2. The predicted octanol–water partition coefficient (Wildman–Crippen LogP) is 2.93. The van der Waals surface area contributed by atoms with E-state index in [9.17, 15) is 15.3 Å². The molecule has 3 aliphatic rings. The first kappa shape index (κ1) is 13.6. The minimum Gasteiger partial charge on any atom is -0.508 e. The van der Waals surface area contributed by atoms with Gasteiger partial charge in [-0.15, -0.1) is 0 Å². The number of phenols is 1. The fourth-order valence-electron chi connectivity index (χ4n) is 5.56. The van der Waals surface area contributed by atoms with Gasteiger partial charge in [0.25, 0.3) is 0 Å². The summed E-state index contributed by atoms with van der Waals surface area (Å²) in [6.07, 6.45) is 5.46. The number of hydrogen-bond acceptors (Lipinski definition) is 3. The van der Waals surface area contributed by atoms with Crippen LogP contribution >= 0.6 is 0 Å². The lowest BCUT2D eigenvalue weighted by molar-refractivity contribution is -0.241. The van der Waals surface area contributed by atoms with E-state index in [0.29, 0.717) is 29.9 Å². The van der Waals surface area contributed by atoms with Crippen molar-refractivity contribution in [3.8, 4) is 5.75 Å². The van der Waals surface area contributed by atoms with Crippen molar-refractivity contribution in [1.82, 2.24) is 0 Å². The molecular weight excluding hydrogens is 264 g/mol. The van der Waals surface area contributed by atoms with Gasteiger partial charge in [0.2, 0.25) is 0 Å². The van der Waals surface area contributed by atoms with E-state index >= 15 is 0 Å². The molecule has 0 amide bonds. The van der Waals surface area contributed by atoms with Gasteiger partial charge in [-0.2, -0.15) is 0 Å². The Hall–Kier alpha value is -1.06. The molecule has 0 heterocycles. The molecule has 0 radical (unpaired) electrons. The largest absolute Gasteiger partial charge is 0.508 e. The molecule has 0 saturated heterocycles. The van der Waals surface area contributed by atoms with Crippen molar-refractivity contribution in [2.24, 2.45) is 17.3 Å². The molecule has 3 heteroatoms. The molecule has 3 aliphatic carbocycles. The van der Waals surface area contributed by atoms with Crippen molar-refractivity contribution in [3.05, 3.63) is 29.3 Å². The lowest BCUT2D eigenvalue weighted by Gasteiger charge is -2.51. The number of phenolic OH excluding ortho intramolecular Hbond substituents is 1. The Balaban J connectivity index is 1.72. The summed E-state index contributed by atoms with van der Waals surface area (Å²) in [6, 6.07) is 5.80. The summed E-state index contributed by atoms with van der Waals surface area (Å²) in [7, 11) is 0. The summed E-state index contributed by atoms with van der Waals surface area (Å²) in [5.41, 5.74) is 2.33. The Labute approximate surface area is 125 Å². The monoisotopic (exact) mass is 288 g/mol. The fraction of sp³-hybridized carbons (Fsp3) is 0.667. The molecule has 0 spiro atoms. The summed E-state index contributed by atoms with van der Waals surface area (Å²) < 4.78 is 0. The highest BCUT2D eigenvalue weighted by Crippen LogP contribution is 2.63. The van der Waals surface area contributed by atoms with Crippen LogP contribution in [-0.2, 0) is 6.42 Å². The number of fused-ring (bicyclic) bond motifs is 5. The van der Waals surface area contributed by atoms with Gasteiger partial charge in [-0.1, -0.05) is 13.0 Å². The SMILES string of the molecule is C[C@]12CC[C@@H]3c4ccc(O)cc4CC[C@H]3[C@@H]1CCC2(O)O. The lowest BCUT2D eigenvalue weighted by atomic mass is 9.55. The van der Waals surface area contributed by atoms with Gasteiger partial charge in [0, 0.05) is 11.8 Å². The number of rotatable bonds is 0. The first-order chi connectivity index (χ1) is 9.92.